The number of anilines is 1. The lowest BCUT2D eigenvalue weighted by atomic mass is 10.3. The maximum atomic E-state index is 12.4. The highest BCUT2D eigenvalue weighted by Gasteiger charge is 2.34. The monoisotopic (exact) mass is 302 g/mol. The first-order valence-corrected chi connectivity index (χ1v) is 7.23. The largest absolute Gasteiger partial charge is 0.392 e. The Hall–Kier alpha value is -1.75. The van der Waals surface area contributed by atoms with Crippen LogP contribution in [0.5, 0.6) is 0 Å². The normalized spacial score (nSPS) is 20.0. The molecule has 1 saturated heterocycles. The summed E-state index contributed by atoms with van der Waals surface area (Å²) in [7, 11) is -3.94. The van der Waals surface area contributed by atoms with Gasteiger partial charge in [-0.25, -0.2) is 8.42 Å². The van der Waals surface area contributed by atoms with Crippen molar-refractivity contribution in [3.8, 4) is 0 Å². The van der Waals surface area contributed by atoms with E-state index in [2.05, 4.69) is 5.43 Å². The lowest BCUT2D eigenvalue weighted by Gasteiger charge is -2.17. The SMILES string of the molecule is NNc1ccc([N+](=O)[O-])cc1S(=O)(=O)N1CCC(O)C1. The van der Waals surface area contributed by atoms with Gasteiger partial charge in [-0.3, -0.25) is 16.0 Å². The number of non-ortho nitro benzene ring substituents is 1. The number of nitro benzene ring substituents is 1. The molecule has 10 heteroatoms. The number of sulfonamides is 1. The quantitative estimate of drug-likeness (QED) is 0.392. The number of β-amino-alcohol motifs (C(OH)–C–C–N with tert-alkyl or cyclic N) is 1. The van der Waals surface area contributed by atoms with Gasteiger partial charge >= 0.3 is 0 Å². The molecule has 1 fully saturated rings. The number of nitrogen functional groups attached to an aromatic ring is 1. The maximum absolute atomic E-state index is 12.4. The number of nitro groups is 1. The summed E-state index contributed by atoms with van der Waals surface area (Å²) in [6, 6.07) is 3.35. The molecule has 0 spiro atoms. The van der Waals surface area contributed by atoms with Gasteiger partial charge in [-0.1, -0.05) is 0 Å². The summed E-state index contributed by atoms with van der Waals surface area (Å²) in [5, 5.41) is 20.2. The molecule has 1 aliphatic rings. The second kappa shape index (κ2) is 5.32. The molecular formula is C10H14N4O5S. The van der Waals surface area contributed by atoms with Crippen molar-refractivity contribution in [3.05, 3.63) is 28.3 Å². The Bertz CT molecular complexity index is 633. The molecule has 0 bridgehead atoms. The van der Waals surface area contributed by atoms with Gasteiger partial charge in [-0.2, -0.15) is 4.31 Å². The Morgan fingerprint density at radius 1 is 1.50 bits per heavy atom. The summed E-state index contributed by atoms with van der Waals surface area (Å²) in [6.07, 6.45) is -0.391. The van der Waals surface area contributed by atoms with Crippen LogP contribution < -0.4 is 11.3 Å². The summed E-state index contributed by atoms with van der Waals surface area (Å²) in [5.74, 6) is 5.25. The van der Waals surface area contributed by atoms with Crippen LogP contribution in [0.4, 0.5) is 11.4 Å². The molecule has 1 unspecified atom stereocenters. The third-order valence-electron chi connectivity index (χ3n) is 3.08. The van der Waals surface area contributed by atoms with E-state index in [1.165, 1.54) is 6.07 Å². The number of hydrazine groups is 1. The number of rotatable bonds is 4. The van der Waals surface area contributed by atoms with Crippen LogP contribution >= 0.6 is 0 Å². The highest BCUT2D eigenvalue weighted by molar-refractivity contribution is 7.89. The lowest BCUT2D eigenvalue weighted by Crippen LogP contribution is -2.30. The molecule has 4 N–H and O–H groups in total. The van der Waals surface area contributed by atoms with Gasteiger partial charge in [-0.15, -0.1) is 0 Å². The molecular weight excluding hydrogens is 288 g/mol. The number of hydrogen-bond donors (Lipinski definition) is 3. The molecule has 0 saturated carbocycles. The predicted octanol–water partition coefficient (Wildman–Crippen LogP) is -0.364. The molecule has 0 aliphatic carbocycles. The van der Waals surface area contributed by atoms with Gasteiger partial charge < -0.3 is 10.5 Å². The van der Waals surface area contributed by atoms with Gasteiger partial charge in [0, 0.05) is 25.2 Å². The smallest absolute Gasteiger partial charge is 0.270 e. The molecule has 0 aromatic heterocycles. The summed E-state index contributed by atoms with van der Waals surface area (Å²) in [6.45, 7) is 0.130. The van der Waals surface area contributed by atoms with Crippen LogP contribution in [0.25, 0.3) is 0 Å². The van der Waals surface area contributed by atoms with E-state index < -0.39 is 21.1 Å². The second-order valence-corrected chi connectivity index (χ2v) is 6.29. The fourth-order valence-electron chi connectivity index (χ4n) is 2.03. The first kappa shape index (κ1) is 14.7. The maximum Gasteiger partial charge on any atom is 0.270 e. The van der Waals surface area contributed by atoms with E-state index in [1.807, 2.05) is 0 Å². The van der Waals surface area contributed by atoms with E-state index >= 15 is 0 Å². The van der Waals surface area contributed by atoms with Crippen LogP contribution in [-0.4, -0.2) is 41.9 Å². The molecule has 0 radical (unpaired) electrons. The van der Waals surface area contributed by atoms with Crippen LogP contribution in [0.3, 0.4) is 0 Å². The van der Waals surface area contributed by atoms with Crippen molar-refractivity contribution in [2.45, 2.75) is 17.4 Å². The van der Waals surface area contributed by atoms with Gasteiger partial charge in [-0.05, 0) is 12.5 Å². The Morgan fingerprint density at radius 2 is 2.20 bits per heavy atom. The van der Waals surface area contributed by atoms with Crippen molar-refractivity contribution in [1.82, 2.24) is 4.31 Å². The molecule has 1 heterocycles. The molecule has 1 aromatic carbocycles. The van der Waals surface area contributed by atoms with Gasteiger partial charge in [0.05, 0.1) is 16.7 Å². The molecule has 1 atom stereocenters. The number of nitrogens with zero attached hydrogens (tertiary/aromatic N) is 2. The van der Waals surface area contributed by atoms with E-state index in [9.17, 15) is 23.6 Å². The third-order valence-corrected chi connectivity index (χ3v) is 4.98. The second-order valence-electron chi connectivity index (χ2n) is 4.39. The first-order valence-electron chi connectivity index (χ1n) is 5.79. The highest BCUT2D eigenvalue weighted by atomic mass is 32.2. The van der Waals surface area contributed by atoms with Crippen molar-refractivity contribution in [2.75, 3.05) is 18.5 Å². The van der Waals surface area contributed by atoms with E-state index in [0.717, 1.165) is 16.4 Å². The molecule has 9 nitrogen and oxygen atoms in total. The molecule has 2 rings (SSSR count). The number of nitrogens with two attached hydrogens (primary N) is 1. The zero-order valence-electron chi connectivity index (χ0n) is 10.4. The van der Waals surface area contributed by atoms with Crippen LogP contribution in [0.2, 0.25) is 0 Å². The molecule has 1 aliphatic heterocycles. The van der Waals surface area contributed by atoms with E-state index in [0.29, 0.717) is 6.42 Å². The number of nitrogens with one attached hydrogen (secondary N) is 1. The predicted molar refractivity (Wildman–Crippen MR) is 70.3 cm³/mol. The van der Waals surface area contributed by atoms with E-state index in [1.54, 1.807) is 0 Å². The van der Waals surface area contributed by atoms with Crippen molar-refractivity contribution < 1.29 is 18.4 Å². The topological polar surface area (TPSA) is 139 Å². The van der Waals surface area contributed by atoms with Crippen molar-refractivity contribution in [2.24, 2.45) is 5.84 Å². The van der Waals surface area contributed by atoms with Gasteiger partial charge in [0.25, 0.3) is 5.69 Å². The fourth-order valence-corrected chi connectivity index (χ4v) is 3.69. The number of aliphatic hydroxyl groups is 1. The van der Waals surface area contributed by atoms with Gasteiger partial charge in [0.1, 0.15) is 4.90 Å². The summed E-state index contributed by atoms with van der Waals surface area (Å²) < 4.78 is 25.9. The first-order chi connectivity index (χ1) is 9.36. The summed E-state index contributed by atoms with van der Waals surface area (Å²) >= 11 is 0. The Morgan fingerprint density at radius 3 is 2.70 bits per heavy atom. The van der Waals surface area contributed by atoms with E-state index in [4.69, 9.17) is 5.84 Å². The number of aliphatic hydroxyl groups excluding tert-OH is 1. The number of hydrogen-bond acceptors (Lipinski definition) is 7. The molecule has 0 amide bonds. The average Bonchev–Trinajstić information content (AvgIpc) is 2.85. The minimum atomic E-state index is -3.94. The van der Waals surface area contributed by atoms with Gasteiger partial charge in [0.15, 0.2) is 0 Å². The van der Waals surface area contributed by atoms with Crippen LogP contribution in [0.1, 0.15) is 6.42 Å². The Kier molecular flexibility index (Phi) is 3.90. The minimum Gasteiger partial charge on any atom is -0.392 e. The molecule has 20 heavy (non-hydrogen) atoms. The Labute approximate surface area is 115 Å². The summed E-state index contributed by atoms with van der Waals surface area (Å²) in [4.78, 5) is 9.80. The Balaban J connectivity index is 2.49. The van der Waals surface area contributed by atoms with Crippen molar-refractivity contribution in [1.29, 1.82) is 0 Å². The van der Waals surface area contributed by atoms with Crippen molar-refractivity contribution >= 4 is 21.4 Å². The highest BCUT2D eigenvalue weighted by Crippen LogP contribution is 2.30. The number of benzene rings is 1. The summed E-state index contributed by atoms with van der Waals surface area (Å²) in [5.41, 5.74) is 1.93. The average molecular weight is 302 g/mol. The minimum absolute atomic E-state index is 0.0327. The van der Waals surface area contributed by atoms with Crippen molar-refractivity contribution in [3.63, 3.8) is 0 Å². The third kappa shape index (κ3) is 2.58. The van der Waals surface area contributed by atoms with E-state index in [-0.39, 0.29) is 29.4 Å². The van der Waals surface area contributed by atoms with Gasteiger partial charge in [0.2, 0.25) is 10.0 Å². The standard InChI is InChI=1S/C10H14N4O5S/c11-12-9-2-1-7(14(16)17)5-10(9)20(18,19)13-4-3-8(15)6-13/h1-2,5,8,12,15H,3-4,6,11H2. The molecule has 110 valence electrons. The zero-order valence-corrected chi connectivity index (χ0v) is 11.2. The van der Waals surface area contributed by atoms with Crippen LogP contribution in [0.15, 0.2) is 23.1 Å². The van der Waals surface area contributed by atoms with Crippen LogP contribution in [-0.2, 0) is 10.0 Å². The fraction of sp³-hybridized carbons (Fsp3) is 0.400. The van der Waals surface area contributed by atoms with Crippen LogP contribution in [0, 0.1) is 10.1 Å². The zero-order chi connectivity index (χ0) is 14.9. The lowest BCUT2D eigenvalue weighted by molar-refractivity contribution is -0.385. The molecule has 1 aromatic rings.